The Balaban J connectivity index is 1.80. The number of likely N-dealkylation sites (N-methyl/N-ethyl adjacent to an activating group) is 1. The molecule has 0 atom stereocenters. The van der Waals surface area contributed by atoms with Crippen molar-refractivity contribution in [2.45, 2.75) is 26.2 Å². The van der Waals surface area contributed by atoms with Gasteiger partial charge in [-0.2, -0.15) is 4.37 Å². The fourth-order valence-corrected chi connectivity index (χ4v) is 2.78. The standard InChI is InChI=1S/C13H21N3OS/c1-11-10-12(14-18-11)13(17)15(2)8-9-16-6-4-3-5-7-16/h10H,3-9H2,1-2H3. The predicted octanol–water partition coefficient (Wildman–Crippen LogP) is 2.01. The lowest BCUT2D eigenvalue weighted by atomic mass is 10.1. The van der Waals surface area contributed by atoms with Crippen LogP contribution in [0.25, 0.3) is 0 Å². The monoisotopic (exact) mass is 267 g/mol. The van der Waals surface area contributed by atoms with Gasteiger partial charge in [-0.15, -0.1) is 0 Å². The molecule has 1 aliphatic heterocycles. The van der Waals surface area contributed by atoms with Crippen molar-refractivity contribution in [2.24, 2.45) is 0 Å². The molecule has 0 spiro atoms. The molecule has 1 aromatic heterocycles. The Morgan fingerprint density at radius 1 is 1.44 bits per heavy atom. The fraction of sp³-hybridized carbons (Fsp3) is 0.692. The second-order valence-corrected chi connectivity index (χ2v) is 5.96. The number of hydrogen-bond donors (Lipinski definition) is 0. The molecule has 0 bridgehead atoms. The molecule has 1 aliphatic rings. The summed E-state index contributed by atoms with van der Waals surface area (Å²) in [7, 11) is 1.86. The first-order valence-corrected chi connectivity index (χ1v) is 7.35. The molecule has 0 unspecified atom stereocenters. The SMILES string of the molecule is Cc1cc(C(=O)N(C)CCN2CCCCC2)ns1. The molecule has 0 N–H and O–H groups in total. The first kappa shape index (κ1) is 13.5. The fourth-order valence-electron chi connectivity index (χ4n) is 2.24. The van der Waals surface area contributed by atoms with Gasteiger partial charge in [0.05, 0.1) is 0 Å². The number of carbonyl (C=O) groups is 1. The summed E-state index contributed by atoms with van der Waals surface area (Å²) in [5.41, 5.74) is 0.582. The Kier molecular flexibility index (Phi) is 4.72. The van der Waals surface area contributed by atoms with Crippen molar-refractivity contribution >= 4 is 17.4 Å². The van der Waals surface area contributed by atoms with Gasteiger partial charge in [0.1, 0.15) is 5.69 Å². The molecule has 1 saturated heterocycles. The van der Waals surface area contributed by atoms with Crippen LogP contribution in [0, 0.1) is 6.92 Å². The minimum absolute atomic E-state index is 0.0383. The van der Waals surface area contributed by atoms with Crippen LogP contribution < -0.4 is 0 Å². The largest absolute Gasteiger partial charge is 0.339 e. The summed E-state index contributed by atoms with van der Waals surface area (Å²) in [5.74, 6) is 0.0383. The van der Waals surface area contributed by atoms with E-state index in [9.17, 15) is 4.79 Å². The Morgan fingerprint density at radius 3 is 2.78 bits per heavy atom. The van der Waals surface area contributed by atoms with Crippen molar-refractivity contribution in [3.8, 4) is 0 Å². The van der Waals surface area contributed by atoms with E-state index in [1.807, 2.05) is 20.0 Å². The van der Waals surface area contributed by atoms with E-state index in [0.29, 0.717) is 5.69 Å². The molecular weight excluding hydrogens is 246 g/mol. The van der Waals surface area contributed by atoms with E-state index in [1.165, 1.54) is 43.9 Å². The minimum atomic E-state index is 0.0383. The maximum absolute atomic E-state index is 12.1. The van der Waals surface area contributed by atoms with E-state index in [2.05, 4.69) is 9.27 Å². The molecule has 0 saturated carbocycles. The summed E-state index contributed by atoms with van der Waals surface area (Å²) >= 11 is 1.39. The van der Waals surface area contributed by atoms with E-state index in [-0.39, 0.29) is 5.91 Å². The second-order valence-electron chi connectivity index (χ2n) is 4.95. The van der Waals surface area contributed by atoms with Crippen molar-refractivity contribution in [1.29, 1.82) is 0 Å². The number of nitrogens with zero attached hydrogens (tertiary/aromatic N) is 3. The van der Waals surface area contributed by atoms with E-state index in [1.54, 1.807) is 4.90 Å². The smallest absolute Gasteiger partial charge is 0.273 e. The van der Waals surface area contributed by atoms with Crippen LogP contribution in [0.15, 0.2) is 6.07 Å². The Labute approximate surface area is 113 Å². The molecule has 2 rings (SSSR count). The van der Waals surface area contributed by atoms with Gasteiger partial charge in [-0.3, -0.25) is 4.79 Å². The maximum atomic E-state index is 12.1. The second kappa shape index (κ2) is 6.29. The third kappa shape index (κ3) is 3.53. The van der Waals surface area contributed by atoms with Crippen molar-refractivity contribution in [3.05, 3.63) is 16.6 Å². The lowest BCUT2D eigenvalue weighted by Crippen LogP contribution is -2.38. The highest BCUT2D eigenvalue weighted by Gasteiger charge is 2.16. The lowest BCUT2D eigenvalue weighted by Gasteiger charge is -2.28. The summed E-state index contributed by atoms with van der Waals surface area (Å²) in [4.78, 5) is 17.4. The molecule has 1 aromatic rings. The van der Waals surface area contributed by atoms with Gasteiger partial charge < -0.3 is 9.80 Å². The Morgan fingerprint density at radius 2 is 2.17 bits per heavy atom. The van der Waals surface area contributed by atoms with Crippen LogP contribution >= 0.6 is 11.5 Å². The highest BCUT2D eigenvalue weighted by atomic mass is 32.1. The molecule has 4 nitrogen and oxygen atoms in total. The molecule has 18 heavy (non-hydrogen) atoms. The van der Waals surface area contributed by atoms with Crippen LogP contribution in [-0.4, -0.2) is 53.3 Å². The number of piperidine rings is 1. The topological polar surface area (TPSA) is 36.4 Å². The Bertz CT molecular complexity index is 399. The quantitative estimate of drug-likeness (QED) is 0.837. The van der Waals surface area contributed by atoms with Gasteiger partial charge in [-0.05, 0) is 50.5 Å². The van der Waals surface area contributed by atoms with E-state index in [0.717, 1.165) is 18.0 Å². The van der Waals surface area contributed by atoms with Crippen molar-refractivity contribution < 1.29 is 4.79 Å². The number of rotatable bonds is 4. The van der Waals surface area contributed by atoms with Crippen LogP contribution in [0.5, 0.6) is 0 Å². The number of carbonyl (C=O) groups excluding carboxylic acids is 1. The number of amides is 1. The van der Waals surface area contributed by atoms with Crippen LogP contribution in [0.4, 0.5) is 0 Å². The van der Waals surface area contributed by atoms with Crippen molar-refractivity contribution in [3.63, 3.8) is 0 Å². The summed E-state index contributed by atoms with van der Waals surface area (Å²) in [5, 5.41) is 0. The van der Waals surface area contributed by atoms with Gasteiger partial charge in [-0.25, -0.2) is 0 Å². The third-order valence-corrected chi connectivity index (χ3v) is 4.09. The molecule has 2 heterocycles. The number of aryl methyl sites for hydroxylation is 1. The van der Waals surface area contributed by atoms with Crippen LogP contribution in [0.1, 0.15) is 34.6 Å². The van der Waals surface area contributed by atoms with Gasteiger partial charge in [-0.1, -0.05) is 6.42 Å². The summed E-state index contributed by atoms with van der Waals surface area (Å²) in [6.07, 6.45) is 3.94. The van der Waals surface area contributed by atoms with E-state index in [4.69, 9.17) is 0 Å². The molecule has 0 aliphatic carbocycles. The zero-order valence-electron chi connectivity index (χ0n) is 11.2. The zero-order chi connectivity index (χ0) is 13.0. The van der Waals surface area contributed by atoms with Crippen LogP contribution in [0.3, 0.4) is 0 Å². The predicted molar refractivity (Wildman–Crippen MR) is 74.1 cm³/mol. The first-order valence-electron chi connectivity index (χ1n) is 6.58. The molecule has 0 aromatic carbocycles. The summed E-state index contributed by atoms with van der Waals surface area (Å²) in [6.45, 7) is 6.10. The van der Waals surface area contributed by atoms with Crippen LogP contribution in [0.2, 0.25) is 0 Å². The first-order chi connectivity index (χ1) is 8.66. The summed E-state index contributed by atoms with van der Waals surface area (Å²) in [6, 6.07) is 1.87. The van der Waals surface area contributed by atoms with E-state index >= 15 is 0 Å². The number of hydrogen-bond acceptors (Lipinski definition) is 4. The third-order valence-electron chi connectivity index (χ3n) is 3.39. The van der Waals surface area contributed by atoms with Gasteiger partial charge in [0.25, 0.3) is 5.91 Å². The Hall–Kier alpha value is -0.940. The zero-order valence-corrected chi connectivity index (χ0v) is 12.0. The molecule has 0 radical (unpaired) electrons. The van der Waals surface area contributed by atoms with Gasteiger partial charge in [0.15, 0.2) is 0 Å². The molecule has 100 valence electrons. The number of likely N-dealkylation sites (tertiary alicyclic amines) is 1. The normalized spacial score (nSPS) is 16.8. The molecular formula is C13H21N3OS. The van der Waals surface area contributed by atoms with Crippen molar-refractivity contribution in [1.82, 2.24) is 14.2 Å². The van der Waals surface area contributed by atoms with Gasteiger partial charge in [0.2, 0.25) is 0 Å². The average Bonchev–Trinajstić information content (AvgIpc) is 2.83. The lowest BCUT2D eigenvalue weighted by molar-refractivity contribution is 0.0768. The molecule has 1 amide bonds. The highest BCUT2D eigenvalue weighted by Crippen LogP contribution is 2.11. The average molecular weight is 267 g/mol. The van der Waals surface area contributed by atoms with Gasteiger partial charge in [0, 0.05) is 25.0 Å². The summed E-state index contributed by atoms with van der Waals surface area (Å²) < 4.78 is 4.17. The van der Waals surface area contributed by atoms with Crippen molar-refractivity contribution in [2.75, 3.05) is 33.2 Å². The maximum Gasteiger partial charge on any atom is 0.273 e. The number of aromatic nitrogens is 1. The molecule has 1 fully saturated rings. The van der Waals surface area contributed by atoms with Gasteiger partial charge >= 0.3 is 0 Å². The van der Waals surface area contributed by atoms with E-state index < -0.39 is 0 Å². The minimum Gasteiger partial charge on any atom is -0.339 e. The van der Waals surface area contributed by atoms with Crippen LogP contribution in [-0.2, 0) is 0 Å². The molecule has 5 heteroatoms. The highest BCUT2D eigenvalue weighted by molar-refractivity contribution is 7.05.